The first-order chi connectivity index (χ1) is 8.61. The van der Waals surface area contributed by atoms with Gasteiger partial charge in [-0.2, -0.15) is 0 Å². The van der Waals surface area contributed by atoms with Crippen molar-refractivity contribution in [2.75, 3.05) is 24.5 Å². The van der Waals surface area contributed by atoms with E-state index in [1.165, 1.54) is 12.8 Å². The average molecular weight is 248 g/mol. The molecule has 1 saturated heterocycles. The van der Waals surface area contributed by atoms with Crippen molar-refractivity contribution < 1.29 is 0 Å². The van der Waals surface area contributed by atoms with Gasteiger partial charge >= 0.3 is 0 Å². The summed E-state index contributed by atoms with van der Waals surface area (Å²) in [6.07, 6.45) is 6.28. The molecule has 0 atom stereocenters. The van der Waals surface area contributed by atoms with Crippen LogP contribution in [0.3, 0.4) is 0 Å². The molecular weight excluding hydrogens is 224 g/mol. The molecule has 1 N–H and O–H groups in total. The van der Waals surface area contributed by atoms with Gasteiger partial charge in [-0.25, -0.2) is 4.98 Å². The van der Waals surface area contributed by atoms with Gasteiger partial charge in [0.25, 0.3) is 0 Å². The summed E-state index contributed by atoms with van der Waals surface area (Å²) in [4.78, 5) is 11.4. The fourth-order valence-corrected chi connectivity index (χ4v) is 2.50. The highest BCUT2D eigenvalue weighted by atomic mass is 15.2. The zero-order chi connectivity index (χ0) is 13.0. The highest BCUT2D eigenvalue weighted by Crippen LogP contribution is 2.30. The Morgan fingerprint density at radius 1 is 1.39 bits per heavy atom. The first kappa shape index (κ1) is 13.3. The second-order valence-electron chi connectivity index (χ2n) is 5.84. The van der Waals surface area contributed by atoms with Crippen LogP contribution in [0.15, 0.2) is 12.4 Å². The highest BCUT2D eigenvalue weighted by molar-refractivity contribution is 5.37. The van der Waals surface area contributed by atoms with Gasteiger partial charge in [-0.15, -0.1) is 0 Å². The predicted octanol–water partition coefficient (Wildman–Crippen LogP) is 2.21. The number of anilines is 1. The largest absolute Gasteiger partial charge is 0.355 e. The van der Waals surface area contributed by atoms with Gasteiger partial charge in [0.15, 0.2) is 0 Å². The van der Waals surface area contributed by atoms with Crippen molar-refractivity contribution >= 4 is 5.82 Å². The van der Waals surface area contributed by atoms with Gasteiger partial charge in [-0.05, 0) is 24.8 Å². The second kappa shape index (κ2) is 5.65. The molecule has 1 aliphatic rings. The molecule has 2 heterocycles. The lowest BCUT2D eigenvalue weighted by Crippen LogP contribution is -2.40. The van der Waals surface area contributed by atoms with Crippen LogP contribution in [-0.4, -0.2) is 29.6 Å². The molecule has 2 rings (SSSR count). The summed E-state index contributed by atoms with van der Waals surface area (Å²) >= 11 is 0. The van der Waals surface area contributed by atoms with E-state index in [1.807, 2.05) is 12.4 Å². The molecule has 0 bridgehead atoms. The molecule has 0 saturated carbocycles. The lowest BCUT2D eigenvalue weighted by molar-refractivity contribution is 0.292. The molecule has 0 spiro atoms. The maximum absolute atomic E-state index is 4.70. The Hall–Kier alpha value is -1.16. The summed E-state index contributed by atoms with van der Waals surface area (Å²) in [5, 5.41) is 3.29. The molecule has 1 fully saturated rings. The molecule has 0 unspecified atom stereocenters. The Kier molecular flexibility index (Phi) is 4.17. The van der Waals surface area contributed by atoms with E-state index in [9.17, 15) is 0 Å². The maximum Gasteiger partial charge on any atom is 0.147 e. The molecule has 0 aromatic carbocycles. The van der Waals surface area contributed by atoms with Crippen LogP contribution in [-0.2, 0) is 6.54 Å². The molecule has 1 aromatic heterocycles. The number of rotatable bonds is 4. The van der Waals surface area contributed by atoms with Crippen LogP contribution in [0.4, 0.5) is 5.82 Å². The van der Waals surface area contributed by atoms with E-state index < -0.39 is 0 Å². The summed E-state index contributed by atoms with van der Waals surface area (Å²) in [5.74, 6) is 1.03. The van der Waals surface area contributed by atoms with Gasteiger partial charge in [0.1, 0.15) is 5.82 Å². The summed E-state index contributed by atoms with van der Waals surface area (Å²) in [6, 6.07) is 0. The van der Waals surface area contributed by atoms with Gasteiger partial charge < -0.3 is 10.2 Å². The SMILES string of the molecule is CCNCc1cncc(N2CCCC(C)(C)C2)n1. The number of hydrogen-bond acceptors (Lipinski definition) is 4. The van der Waals surface area contributed by atoms with Crippen molar-refractivity contribution in [3.8, 4) is 0 Å². The monoisotopic (exact) mass is 248 g/mol. The highest BCUT2D eigenvalue weighted by Gasteiger charge is 2.27. The average Bonchev–Trinajstić information content (AvgIpc) is 2.35. The minimum absolute atomic E-state index is 0.387. The summed E-state index contributed by atoms with van der Waals surface area (Å²) < 4.78 is 0. The van der Waals surface area contributed by atoms with Crippen LogP contribution in [0.5, 0.6) is 0 Å². The number of nitrogens with one attached hydrogen (secondary N) is 1. The first-order valence-corrected chi connectivity index (χ1v) is 6.87. The van der Waals surface area contributed by atoms with Crippen LogP contribution < -0.4 is 10.2 Å². The molecule has 0 radical (unpaired) electrons. The van der Waals surface area contributed by atoms with E-state index in [1.54, 1.807) is 0 Å². The van der Waals surface area contributed by atoms with Gasteiger partial charge in [0, 0.05) is 25.8 Å². The van der Waals surface area contributed by atoms with Gasteiger partial charge in [-0.1, -0.05) is 20.8 Å². The summed E-state index contributed by atoms with van der Waals surface area (Å²) in [7, 11) is 0. The van der Waals surface area contributed by atoms with E-state index in [-0.39, 0.29) is 0 Å². The fourth-order valence-electron chi connectivity index (χ4n) is 2.50. The quantitative estimate of drug-likeness (QED) is 0.887. The minimum atomic E-state index is 0.387. The van der Waals surface area contributed by atoms with E-state index >= 15 is 0 Å². The van der Waals surface area contributed by atoms with Crippen LogP contribution in [0, 0.1) is 5.41 Å². The Labute approximate surface area is 110 Å². The van der Waals surface area contributed by atoms with Gasteiger partial charge in [0.05, 0.1) is 11.9 Å². The third kappa shape index (κ3) is 3.42. The van der Waals surface area contributed by atoms with Crippen molar-refractivity contribution in [3.05, 3.63) is 18.1 Å². The van der Waals surface area contributed by atoms with E-state index in [2.05, 4.69) is 36.0 Å². The molecule has 1 aliphatic heterocycles. The van der Waals surface area contributed by atoms with Crippen LogP contribution in [0.2, 0.25) is 0 Å². The Bertz CT molecular complexity index is 389. The molecule has 0 amide bonds. The predicted molar refractivity (Wildman–Crippen MR) is 74.6 cm³/mol. The lowest BCUT2D eigenvalue weighted by atomic mass is 9.84. The van der Waals surface area contributed by atoms with Crippen LogP contribution in [0.25, 0.3) is 0 Å². The standard InChI is InChI=1S/C14H24N4/c1-4-15-8-12-9-16-10-13(17-12)18-7-5-6-14(2,3)11-18/h9-10,15H,4-8,11H2,1-3H3. The van der Waals surface area contributed by atoms with Crippen molar-refractivity contribution in [2.45, 2.75) is 40.2 Å². The summed E-state index contributed by atoms with van der Waals surface area (Å²) in [5.41, 5.74) is 1.41. The van der Waals surface area contributed by atoms with Crippen LogP contribution >= 0.6 is 0 Å². The second-order valence-corrected chi connectivity index (χ2v) is 5.84. The van der Waals surface area contributed by atoms with Crippen molar-refractivity contribution in [1.82, 2.24) is 15.3 Å². The first-order valence-electron chi connectivity index (χ1n) is 6.87. The third-order valence-electron chi connectivity index (χ3n) is 3.45. The Morgan fingerprint density at radius 2 is 2.22 bits per heavy atom. The zero-order valence-corrected chi connectivity index (χ0v) is 11.7. The smallest absolute Gasteiger partial charge is 0.147 e. The van der Waals surface area contributed by atoms with Crippen molar-refractivity contribution in [1.29, 1.82) is 0 Å². The Morgan fingerprint density at radius 3 is 2.94 bits per heavy atom. The van der Waals surface area contributed by atoms with Gasteiger partial charge in [0.2, 0.25) is 0 Å². The molecule has 18 heavy (non-hydrogen) atoms. The van der Waals surface area contributed by atoms with Crippen molar-refractivity contribution in [3.63, 3.8) is 0 Å². The molecule has 4 heteroatoms. The summed E-state index contributed by atoms with van der Waals surface area (Å²) in [6.45, 7) is 10.7. The maximum atomic E-state index is 4.70. The number of hydrogen-bond donors (Lipinski definition) is 1. The van der Waals surface area contributed by atoms with E-state index in [4.69, 9.17) is 4.98 Å². The van der Waals surface area contributed by atoms with Crippen LogP contribution in [0.1, 0.15) is 39.3 Å². The topological polar surface area (TPSA) is 41.1 Å². The van der Waals surface area contributed by atoms with E-state index in [0.717, 1.165) is 37.7 Å². The number of nitrogens with zero attached hydrogens (tertiary/aromatic N) is 3. The Balaban J connectivity index is 2.07. The lowest BCUT2D eigenvalue weighted by Gasteiger charge is -2.38. The zero-order valence-electron chi connectivity index (χ0n) is 11.7. The molecule has 1 aromatic rings. The minimum Gasteiger partial charge on any atom is -0.355 e. The normalized spacial score (nSPS) is 18.9. The number of aromatic nitrogens is 2. The van der Waals surface area contributed by atoms with Gasteiger partial charge in [-0.3, -0.25) is 4.98 Å². The fraction of sp³-hybridized carbons (Fsp3) is 0.714. The molecule has 0 aliphatic carbocycles. The van der Waals surface area contributed by atoms with E-state index in [0.29, 0.717) is 5.41 Å². The van der Waals surface area contributed by atoms with Crippen molar-refractivity contribution in [2.24, 2.45) is 5.41 Å². The molecule has 100 valence electrons. The molecule has 4 nitrogen and oxygen atoms in total. The number of piperidine rings is 1. The molecular formula is C14H24N4. The third-order valence-corrected chi connectivity index (χ3v) is 3.45.